The molecule has 1 aromatic carbocycles. The van der Waals surface area contributed by atoms with E-state index in [1.54, 1.807) is 0 Å². The fourth-order valence-corrected chi connectivity index (χ4v) is 3.24. The summed E-state index contributed by atoms with van der Waals surface area (Å²) in [4.78, 5) is 7.17. The van der Waals surface area contributed by atoms with Gasteiger partial charge in [0.2, 0.25) is 0 Å². The lowest BCUT2D eigenvalue weighted by Crippen LogP contribution is -2.45. The number of aryl methyl sites for hydroxylation is 1. The molecule has 0 spiro atoms. The third kappa shape index (κ3) is 2.69. The number of aromatic nitrogens is 1. The second kappa shape index (κ2) is 5.51. The minimum Gasteiger partial charge on any atom is -0.328 e. The van der Waals surface area contributed by atoms with Crippen molar-refractivity contribution in [3.63, 3.8) is 0 Å². The van der Waals surface area contributed by atoms with Gasteiger partial charge in [0.25, 0.3) is 0 Å². The predicted octanol–water partition coefficient (Wildman–Crippen LogP) is 2.85. The van der Waals surface area contributed by atoms with Crippen LogP contribution in [0.25, 0.3) is 10.9 Å². The van der Waals surface area contributed by atoms with Crippen molar-refractivity contribution in [3.8, 4) is 0 Å². The summed E-state index contributed by atoms with van der Waals surface area (Å²) in [6.45, 7) is 6.45. The molecule has 0 aliphatic carbocycles. The van der Waals surface area contributed by atoms with E-state index in [9.17, 15) is 0 Å². The molecule has 0 bridgehead atoms. The monoisotopic (exact) mass is 269 g/mol. The maximum atomic E-state index is 6.06. The summed E-state index contributed by atoms with van der Waals surface area (Å²) in [5, 5.41) is 1.28. The van der Waals surface area contributed by atoms with Gasteiger partial charge in [-0.2, -0.15) is 0 Å². The van der Waals surface area contributed by atoms with Gasteiger partial charge < -0.3 is 5.73 Å². The van der Waals surface area contributed by atoms with E-state index in [1.807, 2.05) is 0 Å². The largest absolute Gasteiger partial charge is 0.328 e. The average Bonchev–Trinajstić information content (AvgIpc) is 2.41. The smallest absolute Gasteiger partial charge is 0.0708 e. The van der Waals surface area contributed by atoms with E-state index < -0.39 is 0 Å². The molecule has 3 heteroatoms. The molecule has 3 nitrogen and oxygen atoms in total. The van der Waals surface area contributed by atoms with Crippen LogP contribution in [0, 0.1) is 6.92 Å². The minimum atomic E-state index is 0.372. The van der Waals surface area contributed by atoms with Crippen molar-refractivity contribution >= 4 is 10.9 Å². The number of nitrogens with two attached hydrogens (primary N) is 1. The van der Waals surface area contributed by atoms with Crippen LogP contribution in [0.5, 0.6) is 0 Å². The molecule has 2 atom stereocenters. The second-order valence-electron chi connectivity index (χ2n) is 6.04. The van der Waals surface area contributed by atoms with E-state index in [0.717, 1.165) is 37.1 Å². The maximum Gasteiger partial charge on any atom is 0.0708 e. The van der Waals surface area contributed by atoms with Crippen LogP contribution >= 0.6 is 0 Å². The number of hydrogen-bond donors (Lipinski definition) is 1. The van der Waals surface area contributed by atoms with Crippen molar-refractivity contribution in [2.75, 3.05) is 6.54 Å². The van der Waals surface area contributed by atoms with E-state index >= 15 is 0 Å². The summed E-state index contributed by atoms with van der Waals surface area (Å²) < 4.78 is 0. The van der Waals surface area contributed by atoms with Gasteiger partial charge in [-0.1, -0.05) is 18.2 Å². The van der Waals surface area contributed by atoms with Crippen molar-refractivity contribution in [2.24, 2.45) is 5.73 Å². The second-order valence-corrected chi connectivity index (χ2v) is 6.04. The molecule has 1 saturated heterocycles. The third-order valence-corrected chi connectivity index (χ3v) is 4.36. The summed E-state index contributed by atoms with van der Waals surface area (Å²) in [6.07, 6.45) is 2.20. The number of piperidine rings is 1. The molecule has 1 fully saturated rings. The Morgan fingerprint density at radius 3 is 2.95 bits per heavy atom. The molecule has 1 aliphatic rings. The molecule has 0 amide bonds. The van der Waals surface area contributed by atoms with E-state index in [4.69, 9.17) is 5.73 Å². The van der Waals surface area contributed by atoms with Crippen molar-refractivity contribution in [1.29, 1.82) is 0 Å². The fourth-order valence-electron chi connectivity index (χ4n) is 3.24. The van der Waals surface area contributed by atoms with E-state index in [2.05, 4.69) is 54.1 Å². The Morgan fingerprint density at radius 1 is 1.35 bits per heavy atom. The number of pyridine rings is 1. The molecular weight excluding hydrogens is 246 g/mol. The summed E-state index contributed by atoms with van der Waals surface area (Å²) in [7, 11) is 0. The van der Waals surface area contributed by atoms with E-state index in [-0.39, 0.29) is 0 Å². The highest BCUT2D eigenvalue weighted by molar-refractivity contribution is 5.82. The number of para-hydroxylation sites is 1. The van der Waals surface area contributed by atoms with E-state index in [1.165, 1.54) is 10.9 Å². The van der Waals surface area contributed by atoms with Gasteiger partial charge in [-0.25, -0.2) is 0 Å². The Bertz CT molecular complexity index is 608. The van der Waals surface area contributed by atoms with Gasteiger partial charge >= 0.3 is 0 Å². The Hall–Kier alpha value is -1.45. The first kappa shape index (κ1) is 13.5. The summed E-state index contributed by atoms with van der Waals surface area (Å²) in [5.41, 5.74) is 9.64. The molecule has 1 aliphatic heterocycles. The molecule has 2 N–H and O–H groups in total. The average molecular weight is 269 g/mol. The fraction of sp³-hybridized carbons (Fsp3) is 0.471. The molecule has 106 valence electrons. The Morgan fingerprint density at radius 2 is 2.15 bits per heavy atom. The molecule has 1 aromatic heterocycles. The van der Waals surface area contributed by atoms with Gasteiger partial charge in [-0.3, -0.25) is 9.88 Å². The summed E-state index contributed by atoms with van der Waals surface area (Å²) >= 11 is 0. The van der Waals surface area contributed by atoms with Crippen LogP contribution in [0.3, 0.4) is 0 Å². The quantitative estimate of drug-likeness (QED) is 0.911. The standard InChI is InChI=1S/C17H23N3/c1-12-9-14(16-5-3-4-6-17(16)19-12)11-20-8-7-15(18)10-13(20)2/h3-6,9,13,15H,7-8,10-11,18H2,1-2H3. The van der Waals surface area contributed by atoms with Crippen LogP contribution in [0.4, 0.5) is 0 Å². The van der Waals surface area contributed by atoms with E-state index in [0.29, 0.717) is 12.1 Å². The highest BCUT2D eigenvalue weighted by Crippen LogP contribution is 2.23. The maximum absolute atomic E-state index is 6.06. The number of likely N-dealkylation sites (tertiary alicyclic amines) is 1. The zero-order valence-electron chi connectivity index (χ0n) is 12.3. The normalized spacial score (nSPS) is 24.1. The SMILES string of the molecule is Cc1cc(CN2CCC(N)CC2C)c2ccccc2n1. The van der Waals surface area contributed by atoms with Crippen LogP contribution in [-0.4, -0.2) is 28.5 Å². The highest BCUT2D eigenvalue weighted by Gasteiger charge is 2.23. The van der Waals surface area contributed by atoms with Crippen LogP contribution in [0.1, 0.15) is 31.0 Å². The molecule has 2 heterocycles. The first-order chi connectivity index (χ1) is 9.63. The van der Waals surface area contributed by atoms with Gasteiger partial charge in [0.1, 0.15) is 0 Å². The highest BCUT2D eigenvalue weighted by atomic mass is 15.2. The topological polar surface area (TPSA) is 42.1 Å². The van der Waals surface area contributed by atoms with Gasteiger partial charge in [-0.15, -0.1) is 0 Å². The van der Waals surface area contributed by atoms with Crippen molar-refractivity contribution in [1.82, 2.24) is 9.88 Å². The number of fused-ring (bicyclic) bond motifs is 1. The number of hydrogen-bond acceptors (Lipinski definition) is 3. The lowest BCUT2D eigenvalue weighted by atomic mass is 9.97. The predicted molar refractivity (Wildman–Crippen MR) is 83.6 cm³/mol. The van der Waals surface area contributed by atoms with Gasteiger partial charge in [0.15, 0.2) is 0 Å². The first-order valence-electron chi connectivity index (χ1n) is 7.48. The van der Waals surface area contributed by atoms with Crippen molar-refractivity contribution in [3.05, 3.63) is 41.6 Å². The van der Waals surface area contributed by atoms with Crippen molar-refractivity contribution < 1.29 is 0 Å². The molecule has 3 rings (SSSR count). The van der Waals surface area contributed by atoms with Crippen LogP contribution < -0.4 is 5.73 Å². The number of nitrogens with zero attached hydrogens (tertiary/aromatic N) is 2. The van der Waals surface area contributed by atoms with Gasteiger partial charge in [-0.05, 0) is 44.4 Å². The summed E-state index contributed by atoms with van der Waals surface area (Å²) in [5.74, 6) is 0. The summed E-state index contributed by atoms with van der Waals surface area (Å²) in [6, 6.07) is 11.6. The molecule has 2 unspecified atom stereocenters. The first-order valence-corrected chi connectivity index (χ1v) is 7.48. The molecule has 0 radical (unpaired) electrons. The zero-order chi connectivity index (χ0) is 14.1. The van der Waals surface area contributed by atoms with Gasteiger partial charge in [0, 0.05) is 36.3 Å². The molecule has 2 aromatic rings. The lowest BCUT2D eigenvalue weighted by Gasteiger charge is -2.36. The lowest BCUT2D eigenvalue weighted by molar-refractivity contribution is 0.140. The van der Waals surface area contributed by atoms with Crippen molar-refractivity contribution in [2.45, 2.75) is 45.3 Å². The number of benzene rings is 1. The molecule has 0 saturated carbocycles. The Kier molecular flexibility index (Phi) is 3.72. The zero-order valence-corrected chi connectivity index (χ0v) is 12.3. The van der Waals surface area contributed by atoms with Crippen LogP contribution in [0.15, 0.2) is 30.3 Å². The third-order valence-electron chi connectivity index (χ3n) is 4.36. The van der Waals surface area contributed by atoms with Gasteiger partial charge in [0.05, 0.1) is 5.52 Å². The minimum absolute atomic E-state index is 0.372. The Balaban J connectivity index is 1.90. The number of rotatable bonds is 2. The Labute approximate surface area is 120 Å². The molecular formula is C17H23N3. The van der Waals surface area contributed by atoms with Crippen LogP contribution in [-0.2, 0) is 6.54 Å². The molecule has 20 heavy (non-hydrogen) atoms. The van der Waals surface area contributed by atoms with Crippen LogP contribution in [0.2, 0.25) is 0 Å².